The topological polar surface area (TPSA) is 58.4 Å². The molecule has 0 aliphatic carbocycles. The van der Waals surface area contributed by atoms with Crippen molar-refractivity contribution >= 4 is 10.0 Å². The van der Waals surface area contributed by atoms with E-state index in [2.05, 4.69) is 23.7 Å². The van der Waals surface area contributed by atoms with Crippen molar-refractivity contribution in [3.8, 4) is 0 Å². The van der Waals surface area contributed by atoms with Gasteiger partial charge < -0.3 is 4.57 Å². The van der Waals surface area contributed by atoms with Crippen LogP contribution < -0.4 is 0 Å². The first-order chi connectivity index (χ1) is 12.7. The first kappa shape index (κ1) is 19.9. The van der Waals surface area contributed by atoms with E-state index in [0.717, 1.165) is 29.6 Å². The normalized spacial score (nSPS) is 16.0. The van der Waals surface area contributed by atoms with Crippen LogP contribution in [0.1, 0.15) is 31.7 Å². The third-order valence-corrected chi connectivity index (χ3v) is 6.82. The number of hydrogen-bond donors (Lipinski definition) is 0. The van der Waals surface area contributed by atoms with Crippen molar-refractivity contribution in [3.05, 3.63) is 47.5 Å². The second-order valence-electron chi connectivity index (χ2n) is 7.11. The van der Waals surface area contributed by atoms with Gasteiger partial charge in [-0.2, -0.15) is 4.31 Å². The van der Waals surface area contributed by atoms with Gasteiger partial charge in [0.05, 0.1) is 29.2 Å². The van der Waals surface area contributed by atoms with Crippen LogP contribution in [0.15, 0.2) is 29.4 Å². The lowest BCUT2D eigenvalue weighted by molar-refractivity contribution is 0.261. The Hall–Kier alpha value is -1.84. The molecule has 148 valence electrons. The summed E-state index contributed by atoms with van der Waals surface area (Å²) in [7, 11) is -1.95. The van der Waals surface area contributed by atoms with Crippen molar-refractivity contribution in [1.82, 2.24) is 18.8 Å². The summed E-state index contributed by atoms with van der Waals surface area (Å²) in [6, 6.07) is 3.01. The minimum absolute atomic E-state index is 0.155. The number of benzene rings is 1. The lowest BCUT2D eigenvalue weighted by atomic mass is 10.2. The fourth-order valence-electron chi connectivity index (χ4n) is 3.03. The number of nitrogens with zero attached hydrogens (tertiary/aromatic N) is 4. The minimum atomic E-state index is -3.93. The summed E-state index contributed by atoms with van der Waals surface area (Å²) in [5, 5.41) is 0. The fraction of sp³-hybridized carbons (Fsp3) is 0.500. The summed E-state index contributed by atoms with van der Waals surface area (Å²) < 4.78 is 56.0. The van der Waals surface area contributed by atoms with Gasteiger partial charge in [0.25, 0.3) is 0 Å². The highest BCUT2D eigenvalue weighted by atomic mass is 32.2. The van der Waals surface area contributed by atoms with E-state index in [4.69, 9.17) is 0 Å². The van der Waals surface area contributed by atoms with Crippen LogP contribution in [-0.2, 0) is 29.7 Å². The van der Waals surface area contributed by atoms with Gasteiger partial charge in [0.1, 0.15) is 0 Å². The molecule has 0 saturated carbocycles. The van der Waals surface area contributed by atoms with Crippen LogP contribution in [0, 0.1) is 11.6 Å². The summed E-state index contributed by atoms with van der Waals surface area (Å²) in [5.74, 6) is -2.24. The number of imidazole rings is 1. The average Bonchev–Trinajstić information content (AvgIpc) is 2.85. The number of rotatable bonds is 5. The Morgan fingerprint density at radius 2 is 1.96 bits per heavy atom. The molecule has 2 heterocycles. The molecule has 6 nitrogen and oxygen atoms in total. The minimum Gasteiger partial charge on any atom is -0.333 e. The molecule has 0 unspecified atom stereocenters. The van der Waals surface area contributed by atoms with Crippen LogP contribution in [0.4, 0.5) is 8.78 Å². The molecule has 0 amide bonds. The molecular weight excluding hydrogens is 374 g/mol. The summed E-state index contributed by atoms with van der Waals surface area (Å²) in [5.41, 5.74) is 1.67. The summed E-state index contributed by atoms with van der Waals surface area (Å²) in [6.45, 7) is 5.89. The highest BCUT2D eigenvalue weighted by Crippen LogP contribution is 2.25. The van der Waals surface area contributed by atoms with Gasteiger partial charge in [-0.1, -0.05) is 0 Å². The van der Waals surface area contributed by atoms with Gasteiger partial charge in [0.15, 0.2) is 11.6 Å². The zero-order chi connectivity index (χ0) is 19.8. The molecule has 1 aromatic heterocycles. The zero-order valence-corrected chi connectivity index (χ0v) is 16.5. The predicted octanol–water partition coefficient (Wildman–Crippen LogP) is 2.60. The van der Waals surface area contributed by atoms with Gasteiger partial charge in [-0.05, 0) is 45.5 Å². The number of aryl methyl sites for hydroxylation is 1. The number of halogens is 2. The summed E-state index contributed by atoms with van der Waals surface area (Å²) in [6.07, 6.45) is 2.36. The van der Waals surface area contributed by atoms with Crippen LogP contribution in [-0.4, -0.2) is 46.8 Å². The molecule has 0 spiro atoms. The van der Waals surface area contributed by atoms with Crippen molar-refractivity contribution < 1.29 is 17.2 Å². The van der Waals surface area contributed by atoms with Gasteiger partial charge in [-0.25, -0.2) is 22.2 Å². The summed E-state index contributed by atoms with van der Waals surface area (Å²) >= 11 is 0. The number of sulfonamides is 1. The van der Waals surface area contributed by atoms with Crippen LogP contribution in [0.3, 0.4) is 0 Å². The van der Waals surface area contributed by atoms with Crippen LogP contribution >= 0.6 is 0 Å². The average molecular weight is 398 g/mol. The van der Waals surface area contributed by atoms with Crippen LogP contribution in [0.2, 0.25) is 0 Å². The van der Waals surface area contributed by atoms with E-state index in [1.54, 1.807) is 6.33 Å². The molecular formula is C18H24F2N4O2S. The second-order valence-corrected chi connectivity index (χ2v) is 9.05. The van der Waals surface area contributed by atoms with E-state index in [9.17, 15) is 17.2 Å². The van der Waals surface area contributed by atoms with Gasteiger partial charge in [0.2, 0.25) is 10.0 Å². The molecule has 0 N–H and O–H groups in total. The molecule has 27 heavy (non-hydrogen) atoms. The lowest BCUT2D eigenvalue weighted by Crippen LogP contribution is -2.32. The van der Waals surface area contributed by atoms with Gasteiger partial charge in [0, 0.05) is 25.7 Å². The van der Waals surface area contributed by atoms with Crippen molar-refractivity contribution in [2.45, 2.75) is 50.8 Å². The molecule has 2 aromatic rings. The molecule has 0 fully saturated rings. The molecule has 3 rings (SSSR count). The van der Waals surface area contributed by atoms with E-state index in [1.807, 2.05) is 11.6 Å². The molecule has 1 aliphatic heterocycles. The molecule has 1 aromatic carbocycles. The maximum Gasteiger partial charge on any atom is 0.243 e. The molecule has 0 saturated heterocycles. The standard InChI is InChI=1S/C18H24F2N4O2S/c1-13(2)22(3)10-17-18-11-24(8-4-7-23(18)12-21-17)27(25,26)14-5-6-15(19)16(20)9-14/h5-6,9,12-13H,4,7-8,10-11H2,1-3H3. The van der Waals surface area contributed by atoms with Crippen LogP contribution in [0.5, 0.6) is 0 Å². The summed E-state index contributed by atoms with van der Waals surface area (Å²) in [4.78, 5) is 6.35. The van der Waals surface area contributed by atoms with E-state index in [1.165, 1.54) is 4.31 Å². The van der Waals surface area contributed by atoms with E-state index < -0.39 is 21.7 Å². The first-order valence-electron chi connectivity index (χ1n) is 8.88. The van der Waals surface area contributed by atoms with Crippen molar-refractivity contribution in [1.29, 1.82) is 0 Å². The highest BCUT2D eigenvalue weighted by molar-refractivity contribution is 7.89. The number of aromatic nitrogens is 2. The largest absolute Gasteiger partial charge is 0.333 e. The molecule has 0 radical (unpaired) electrons. The van der Waals surface area contributed by atoms with Gasteiger partial charge in [-0.3, -0.25) is 4.90 Å². The Balaban J connectivity index is 1.91. The highest BCUT2D eigenvalue weighted by Gasteiger charge is 2.29. The van der Waals surface area contributed by atoms with Crippen molar-refractivity contribution in [2.24, 2.45) is 0 Å². The molecule has 0 atom stereocenters. The Kier molecular flexibility index (Phi) is 5.64. The molecule has 9 heteroatoms. The third kappa shape index (κ3) is 4.04. The van der Waals surface area contributed by atoms with Crippen molar-refractivity contribution in [3.63, 3.8) is 0 Å². The quantitative estimate of drug-likeness (QED) is 0.777. The van der Waals surface area contributed by atoms with Gasteiger partial charge in [-0.15, -0.1) is 0 Å². The predicted molar refractivity (Wildman–Crippen MR) is 97.4 cm³/mol. The van der Waals surface area contributed by atoms with Crippen molar-refractivity contribution in [2.75, 3.05) is 13.6 Å². The Morgan fingerprint density at radius 1 is 1.22 bits per heavy atom. The SMILES string of the molecule is CC(C)N(C)Cc1ncn2c1CN(S(=O)(=O)c1ccc(F)c(F)c1)CCC2. The van der Waals surface area contributed by atoms with E-state index in [0.29, 0.717) is 32.1 Å². The van der Waals surface area contributed by atoms with Crippen LogP contribution in [0.25, 0.3) is 0 Å². The third-order valence-electron chi connectivity index (χ3n) is 4.97. The first-order valence-corrected chi connectivity index (χ1v) is 10.3. The fourth-order valence-corrected chi connectivity index (χ4v) is 4.48. The lowest BCUT2D eigenvalue weighted by Gasteiger charge is -2.23. The Morgan fingerprint density at radius 3 is 2.63 bits per heavy atom. The Labute approximate surface area is 158 Å². The van der Waals surface area contributed by atoms with E-state index >= 15 is 0 Å². The molecule has 0 bridgehead atoms. The second kappa shape index (κ2) is 7.65. The Bertz CT molecular complexity index is 927. The maximum absolute atomic E-state index is 13.6. The zero-order valence-electron chi connectivity index (χ0n) is 15.7. The number of hydrogen-bond acceptors (Lipinski definition) is 4. The maximum atomic E-state index is 13.6. The van der Waals surface area contributed by atoms with E-state index in [-0.39, 0.29) is 11.4 Å². The molecule has 1 aliphatic rings. The smallest absolute Gasteiger partial charge is 0.243 e. The number of fused-ring (bicyclic) bond motifs is 1. The van der Waals surface area contributed by atoms with Gasteiger partial charge >= 0.3 is 0 Å². The monoisotopic (exact) mass is 398 g/mol.